The minimum absolute atomic E-state index is 0.0628. The highest BCUT2D eigenvalue weighted by molar-refractivity contribution is 5.94. The molecule has 2 aromatic carbocycles. The smallest absolute Gasteiger partial charge is 0.416 e. The molecule has 0 aromatic heterocycles. The van der Waals surface area contributed by atoms with E-state index >= 15 is 0 Å². The molecule has 1 heterocycles. The number of ether oxygens (including phenoxy) is 2. The van der Waals surface area contributed by atoms with Gasteiger partial charge in [0.15, 0.2) is 11.5 Å². The van der Waals surface area contributed by atoms with Crippen molar-refractivity contribution >= 4 is 5.91 Å². The number of amides is 1. The molecular weight excluding hydrogens is 339 g/mol. The molecule has 5 nitrogen and oxygen atoms in total. The topological polar surface area (TPSA) is 67.8 Å². The molecule has 0 fully saturated rings. The van der Waals surface area contributed by atoms with Crippen molar-refractivity contribution in [2.75, 3.05) is 13.3 Å². The fourth-order valence-corrected chi connectivity index (χ4v) is 2.48. The minimum atomic E-state index is -4.58. The number of fused-ring (bicyclic) bond motifs is 1. The summed E-state index contributed by atoms with van der Waals surface area (Å²) < 4.78 is 49.2. The molecule has 0 bridgehead atoms. The van der Waals surface area contributed by atoms with Crippen LogP contribution < -0.4 is 14.8 Å². The van der Waals surface area contributed by atoms with E-state index in [0.717, 1.165) is 6.07 Å². The normalized spacial score (nSPS) is 14.2. The number of aliphatic hydroxyl groups is 1. The van der Waals surface area contributed by atoms with Gasteiger partial charge in [0, 0.05) is 12.1 Å². The van der Waals surface area contributed by atoms with Crippen LogP contribution in [0.5, 0.6) is 11.5 Å². The molecule has 1 aliphatic heterocycles. The number of carbonyl (C=O) groups is 1. The van der Waals surface area contributed by atoms with Crippen LogP contribution in [0.3, 0.4) is 0 Å². The maximum atomic E-state index is 13.0. The van der Waals surface area contributed by atoms with Gasteiger partial charge in [-0.1, -0.05) is 18.2 Å². The number of aliphatic hydroxyl groups excluding tert-OH is 1. The molecule has 1 atom stereocenters. The van der Waals surface area contributed by atoms with Crippen molar-refractivity contribution in [3.8, 4) is 11.5 Å². The van der Waals surface area contributed by atoms with E-state index in [0.29, 0.717) is 11.5 Å². The summed E-state index contributed by atoms with van der Waals surface area (Å²) in [4.78, 5) is 12.1. The van der Waals surface area contributed by atoms with Crippen LogP contribution in [0.25, 0.3) is 0 Å². The Balaban J connectivity index is 1.68. The fraction of sp³-hybridized carbons (Fsp3) is 0.235. The lowest BCUT2D eigenvalue weighted by atomic mass is 10.0. The van der Waals surface area contributed by atoms with Gasteiger partial charge in [-0.3, -0.25) is 4.79 Å². The number of carbonyl (C=O) groups excluding carboxylic acids is 1. The number of rotatable bonds is 4. The molecule has 2 aromatic rings. The average molecular weight is 353 g/mol. The highest BCUT2D eigenvalue weighted by atomic mass is 19.4. The van der Waals surface area contributed by atoms with Crippen molar-refractivity contribution in [2.45, 2.75) is 12.3 Å². The van der Waals surface area contributed by atoms with Gasteiger partial charge in [-0.05, 0) is 29.8 Å². The van der Waals surface area contributed by atoms with Gasteiger partial charge in [-0.25, -0.2) is 0 Å². The lowest BCUT2D eigenvalue weighted by molar-refractivity contribution is -0.139. The summed E-state index contributed by atoms with van der Waals surface area (Å²) >= 11 is 0. The molecule has 0 saturated heterocycles. The number of nitrogens with one attached hydrogen (secondary N) is 1. The van der Waals surface area contributed by atoms with Crippen molar-refractivity contribution in [1.29, 1.82) is 0 Å². The number of hydrogen-bond donors (Lipinski definition) is 2. The lowest BCUT2D eigenvalue weighted by Gasteiger charge is -2.18. The van der Waals surface area contributed by atoms with Gasteiger partial charge in [-0.2, -0.15) is 13.2 Å². The van der Waals surface area contributed by atoms with E-state index in [2.05, 4.69) is 5.32 Å². The zero-order valence-electron chi connectivity index (χ0n) is 12.8. The van der Waals surface area contributed by atoms with Crippen molar-refractivity contribution in [3.05, 3.63) is 59.2 Å². The van der Waals surface area contributed by atoms with Crippen LogP contribution in [0.2, 0.25) is 0 Å². The molecule has 3 rings (SSSR count). The van der Waals surface area contributed by atoms with Gasteiger partial charge in [-0.15, -0.1) is 0 Å². The number of benzene rings is 2. The van der Waals surface area contributed by atoms with Crippen LogP contribution in [0.4, 0.5) is 13.2 Å². The number of hydrogen-bond acceptors (Lipinski definition) is 4. The van der Waals surface area contributed by atoms with Gasteiger partial charge >= 0.3 is 6.18 Å². The summed E-state index contributed by atoms with van der Waals surface area (Å²) in [7, 11) is 0. The average Bonchev–Trinajstić information content (AvgIpc) is 3.06. The summed E-state index contributed by atoms with van der Waals surface area (Å²) in [6, 6.07) is 9.23. The SMILES string of the molecule is O=C(NC[C@@H](O)c1ccccc1C(F)(F)F)c1ccc2c(c1)OCO2. The monoisotopic (exact) mass is 353 g/mol. The Morgan fingerprint density at radius 1 is 1.16 bits per heavy atom. The third kappa shape index (κ3) is 3.69. The molecule has 0 radical (unpaired) electrons. The Hall–Kier alpha value is -2.74. The van der Waals surface area contributed by atoms with Crippen molar-refractivity contribution in [2.24, 2.45) is 0 Å². The molecule has 1 aliphatic rings. The van der Waals surface area contributed by atoms with Gasteiger partial charge in [0.2, 0.25) is 6.79 Å². The summed E-state index contributed by atoms with van der Waals surface area (Å²) in [5.74, 6) is 0.383. The zero-order valence-corrected chi connectivity index (χ0v) is 12.8. The number of halogens is 3. The molecule has 8 heteroatoms. The molecule has 2 N–H and O–H groups in total. The second kappa shape index (κ2) is 6.64. The van der Waals surface area contributed by atoms with Crippen molar-refractivity contribution in [1.82, 2.24) is 5.32 Å². The van der Waals surface area contributed by atoms with Crippen LogP contribution in [-0.2, 0) is 6.18 Å². The number of alkyl halides is 3. The Kier molecular flexibility index (Phi) is 4.54. The molecular formula is C17H14F3NO4. The molecule has 132 valence electrons. The first kappa shape index (κ1) is 17.1. The summed E-state index contributed by atoms with van der Waals surface area (Å²) in [6.07, 6.45) is -6.07. The Bertz CT molecular complexity index is 792. The van der Waals surface area contributed by atoms with E-state index in [4.69, 9.17) is 9.47 Å². The Morgan fingerprint density at radius 3 is 2.64 bits per heavy atom. The largest absolute Gasteiger partial charge is 0.454 e. The summed E-state index contributed by atoms with van der Waals surface area (Å²) in [6.45, 7) is -0.298. The van der Waals surface area contributed by atoms with E-state index < -0.39 is 23.8 Å². The maximum absolute atomic E-state index is 13.0. The van der Waals surface area contributed by atoms with E-state index in [1.807, 2.05) is 0 Å². The first-order valence-electron chi connectivity index (χ1n) is 7.38. The highest BCUT2D eigenvalue weighted by Gasteiger charge is 2.34. The third-order valence-corrected chi connectivity index (χ3v) is 3.72. The van der Waals surface area contributed by atoms with E-state index in [1.165, 1.54) is 30.3 Å². The van der Waals surface area contributed by atoms with Crippen LogP contribution in [0.15, 0.2) is 42.5 Å². The molecule has 25 heavy (non-hydrogen) atoms. The van der Waals surface area contributed by atoms with Crippen LogP contribution in [0.1, 0.15) is 27.6 Å². The van der Waals surface area contributed by atoms with E-state index in [-0.39, 0.29) is 24.5 Å². The minimum Gasteiger partial charge on any atom is -0.454 e. The second-order valence-electron chi connectivity index (χ2n) is 5.38. The van der Waals surface area contributed by atoms with E-state index in [1.54, 1.807) is 6.07 Å². The predicted octanol–water partition coefficient (Wildman–Crippen LogP) is 2.90. The fourth-order valence-electron chi connectivity index (χ4n) is 2.48. The van der Waals surface area contributed by atoms with Gasteiger partial charge in [0.05, 0.1) is 11.7 Å². The summed E-state index contributed by atoms with van der Waals surface area (Å²) in [5, 5.41) is 12.5. The second-order valence-corrected chi connectivity index (χ2v) is 5.38. The third-order valence-electron chi connectivity index (χ3n) is 3.72. The quantitative estimate of drug-likeness (QED) is 0.887. The first-order valence-corrected chi connectivity index (χ1v) is 7.38. The van der Waals surface area contributed by atoms with Crippen molar-refractivity contribution in [3.63, 3.8) is 0 Å². The maximum Gasteiger partial charge on any atom is 0.416 e. The van der Waals surface area contributed by atoms with E-state index in [9.17, 15) is 23.1 Å². The van der Waals surface area contributed by atoms with Crippen LogP contribution in [0, 0.1) is 0 Å². The molecule has 0 spiro atoms. The Labute approximate surface area is 141 Å². The lowest BCUT2D eigenvalue weighted by Crippen LogP contribution is -2.29. The molecule has 0 saturated carbocycles. The van der Waals surface area contributed by atoms with Gasteiger partial charge in [0.25, 0.3) is 5.91 Å². The molecule has 0 aliphatic carbocycles. The molecule has 0 unspecified atom stereocenters. The van der Waals surface area contributed by atoms with Crippen LogP contribution in [-0.4, -0.2) is 24.4 Å². The highest BCUT2D eigenvalue weighted by Crippen LogP contribution is 2.34. The molecule has 1 amide bonds. The predicted molar refractivity (Wildman–Crippen MR) is 81.3 cm³/mol. The van der Waals surface area contributed by atoms with Gasteiger partial charge in [0.1, 0.15) is 0 Å². The Morgan fingerprint density at radius 2 is 1.88 bits per heavy atom. The van der Waals surface area contributed by atoms with Gasteiger partial charge < -0.3 is 19.9 Å². The first-order chi connectivity index (χ1) is 11.9. The van der Waals surface area contributed by atoms with Crippen molar-refractivity contribution < 1.29 is 32.5 Å². The standard InChI is InChI=1S/C17H14F3NO4/c18-17(19,20)12-4-2-1-3-11(12)13(22)8-21-16(23)10-5-6-14-15(7-10)25-9-24-14/h1-7,13,22H,8-9H2,(H,21,23)/t13-/m1/s1. The van der Waals surface area contributed by atoms with Crippen LogP contribution >= 0.6 is 0 Å². The summed E-state index contributed by atoms with van der Waals surface area (Å²) in [5.41, 5.74) is -0.971. The zero-order chi connectivity index (χ0) is 18.0.